The Bertz CT molecular complexity index is 336. The standard InChI is InChI=1S/C22H44N2/c1-6-7-10-19(4)23-20-16-22(17-20)13-11-21(12-14-22)24(5)15-8-9-18(2)3/h18-21,23H,6-17H2,1-5H3. The molecule has 2 heteroatoms. The van der Waals surface area contributed by atoms with Gasteiger partial charge in [-0.15, -0.1) is 0 Å². The highest BCUT2D eigenvalue weighted by atomic mass is 15.1. The second-order valence-electron chi connectivity index (χ2n) is 9.56. The summed E-state index contributed by atoms with van der Waals surface area (Å²) in [6.07, 6.45) is 15.5. The lowest BCUT2D eigenvalue weighted by atomic mass is 9.57. The lowest BCUT2D eigenvalue weighted by Crippen LogP contribution is -2.53. The van der Waals surface area contributed by atoms with Crippen molar-refractivity contribution in [3.63, 3.8) is 0 Å². The first kappa shape index (κ1) is 20.2. The maximum atomic E-state index is 3.88. The Morgan fingerprint density at radius 1 is 1.04 bits per heavy atom. The van der Waals surface area contributed by atoms with Crippen molar-refractivity contribution < 1.29 is 0 Å². The van der Waals surface area contributed by atoms with Gasteiger partial charge in [0, 0.05) is 18.1 Å². The Labute approximate surface area is 152 Å². The number of rotatable bonds is 10. The minimum Gasteiger partial charge on any atom is -0.311 e. The summed E-state index contributed by atoms with van der Waals surface area (Å²) in [7, 11) is 2.36. The number of hydrogen-bond donors (Lipinski definition) is 1. The summed E-state index contributed by atoms with van der Waals surface area (Å²) in [6, 6.07) is 2.39. The SMILES string of the molecule is CCCCC(C)NC1CC2(CCC(N(C)CCCC(C)C)CC2)C1. The van der Waals surface area contributed by atoms with E-state index in [1.807, 2.05) is 0 Å². The summed E-state index contributed by atoms with van der Waals surface area (Å²) in [6.45, 7) is 10.7. The predicted octanol–water partition coefficient (Wildman–Crippen LogP) is 5.61. The van der Waals surface area contributed by atoms with Crippen molar-refractivity contribution in [2.45, 2.75) is 116 Å². The van der Waals surface area contributed by atoms with Crippen LogP contribution in [0.2, 0.25) is 0 Å². The van der Waals surface area contributed by atoms with Crippen LogP contribution >= 0.6 is 0 Å². The van der Waals surface area contributed by atoms with Gasteiger partial charge in [0.1, 0.15) is 0 Å². The molecule has 0 heterocycles. The average molecular weight is 337 g/mol. The summed E-state index contributed by atoms with van der Waals surface area (Å²) in [5.74, 6) is 0.854. The van der Waals surface area contributed by atoms with E-state index in [1.165, 1.54) is 77.2 Å². The average Bonchev–Trinajstić information content (AvgIpc) is 2.51. The van der Waals surface area contributed by atoms with Gasteiger partial charge in [0.25, 0.3) is 0 Å². The summed E-state index contributed by atoms with van der Waals surface area (Å²) in [5.41, 5.74) is 0.720. The molecule has 0 radical (unpaired) electrons. The first-order chi connectivity index (χ1) is 11.4. The molecule has 2 nitrogen and oxygen atoms in total. The zero-order chi connectivity index (χ0) is 17.6. The van der Waals surface area contributed by atoms with Gasteiger partial charge in [-0.05, 0) is 89.6 Å². The van der Waals surface area contributed by atoms with Crippen molar-refractivity contribution in [2.75, 3.05) is 13.6 Å². The topological polar surface area (TPSA) is 15.3 Å². The lowest BCUT2D eigenvalue weighted by molar-refractivity contribution is 0.00679. The Hall–Kier alpha value is -0.0800. The molecule has 0 bridgehead atoms. The maximum absolute atomic E-state index is 3.88. The molecular weight excluding hydrogens is 292 g/mol. The molecule has 0 aromatic rings. The smallest absolute Gasteiger partial charge is 0.00926 e. The highest BCUT2D eigenvalue weighted by Gasteiger charge is 2.46. The van der Waals surface area contributed by atoms with E-state index in [2.05, 4.69) is 45.0 Å². The molecule has 2 aliphatic rings. The highest BCUT2D eigenvalue weighted by molar-refractivity contribution is 5.01. The van der Waals surface area contributed by atoms with Crippen molar-refractivity contribution in [1.82, 2.24) is 10.2 Å². The van der Waals surface area contributed by atoms with Crippen LogP contribution < -0.4 is 5.32 Å². The largest absolute Gasteiger partial charge is 0.311 e. The van der Waals surface area contributed by atoms with E-state index >= 15 is 0 Å². The quantitative estimate of drug-likeness (QED) is 0.557. The monoisotopic (exact) mass is 336 g/mol. The molecule has 0 saturated heterocycles. The first-order valence-electron chi connectivity index (χ1n) is 10.9. The minimum atomic E-state index is 0.718. The van der Waals surface area contributed by atoms with E-state index in [4.69, 9.17) is 0 Å². The third kappa shape index (κ3) is 6.02. The molecule has 142 valence electrons. The maximum Gasteiger partial charge on any atom is 0.00926 e. The molecule has 1 atom stereocenters. The summed E-state index contributed by atoms with van der Waals surface area (Å²) >= 11 is 0. The van der Waals surface area contributed by atoms with Crippen molar-refractivity contribution >= 4 is 0 Å². The molecule has 1 N–H and O–H groups in total. The van der Waals surface area contributed by atoms with E-state index in [0.29, 0.717) is 0 Å². The van der Waals surface area contributed by atoms with Crippen LogP contribution in [0.3, 0.4) is 0 Å². The molecule has 2 aliphatic carbocycles. The van der Waals surface area contributed by atoms with E-state index in [0.717, 1.165) is 29.5 Å². The highest BCUT2D eigenvalue weighted by Crippen LogP contribution is 2.52. The first-order valence-corrected chi connectivity index (χ1v) is 10.9. The molecular formula is C22H44N2. The molecule has 0 aliphatic heterocycles. The van der Waals surface area contributed by atoms with Crippen LogP contribution in [0.1, 0.15) is 98.3 Å². The van der Waals surface area contributed by atoms with E-state index < -0.39 is 0 Å². The Kier molecular flexibility index (Phi) is 8.07. The normalized spacial score (nSPS) is 31.6. The second-order valence-corrected chi connectivity index (χ2v) is 9.56. The van der Waals surface area contributed by atoms with Crippen LogP contribution in [0.4, 0.5) is 0 Å². The Balaban J connectivity index is 1.61. The number of hydrogen-bond acceptors (Lipinski definition) is 2. The van der Waals surface area contributed by atoms with Crippen molar-refractivity contribution in [1.29, 1.82) is 0 Å². The van der Waals surface area contributed by atoms with Crippen LogP contribution in [0.5, 0.6) is 0 Å². The molecule has 0 aromatic carbocycles. The molecule has 2 saturated carbocycles. The van der Waals surface area contributed by atoms with Gasteiger partial charge < -0.3 is 10.2 Å². The number of unbranched alkanes of at least 4 members (excludes halogenated alkanes) is 1. The van der Waals surface area contributed by atoms with Gasteiger partial charge >= 0.3 is 0 Å². The minimum absolute atomic E-state index is 0.718. The van der Waals surface area contributed by atoms with E-state index in [-0.39, 0.29) is 0 Å². The number of nitrogens with zero attached hydrogens (tertiary/aromatic N) is 1. The number of nitrogens with one attached hydrogen (secondary N) is 1. The molecule has 2 fully saturated rings. The predicted molar refractivity (Wildman–Crippen MR) is 107 cm³/mol. The molecule has 0 amide bonds. The van der Waals surface area contributed by atoms with Gasteiger partial charge in [-0.1, -0.05) is 33.6 Å². The summed E-state index contributed by atoms with van der Waals surface area (Å²) in [4.78, 5) is 2.66. The fourth-order valence-electron chi connectivity index (χ4n) is 5.09. The van der Waals surface area contributed by atoms with Crippen LogP contribution in [-0.2, 0) is 0 Å². The van der Waals surface area contributed by atoms with Gasteiger partial charge in [-0.25, -0.2) is 0 Å². The van der Waals surface area contributed by atoms with Gasteiger partial charge in [-0.3, -0.25) is 0 Å². The van der Waals surface area contributed by atoms with Crippen LogP contribution in [0.25, 0.3) is 0 Å². The third-order valence-electron chi connectivity index (χ3n) is 6.80. The molecule has 2 rings (SSSR count). The van der Waals surface area contributed by atoms with Crippen molar-refractivity contribution in [2.24, 2.45) is 11.3 Å². The summed E-state index contributed by atoms with van der Waals surface area (Å²) in [5, 5.41) is 3.88. The van der Waals surface area contributed by atoms with Crippen LogP contribution in [-0.4, -0.2) is 36.6 Å². The van der Waals surface area contributed by atoms with Gasteiger partial charge in [0.05, 0.1) is 0 Å². The van der Waals surface area contributed by atoms with Crippen molar-refractivity contribution in [3.8, 4) is 0 Å². The van der Waals surface area contributed by atoms with Crippen molar-refractivity contribution in [3.05, 3.63) is 0 Å². The second kappa shape index (κ2) is 9.57. The Morgan fingerprint density at radius 3 is 2.29 bits per heavy atom. The molecule has 1 unspecified atom stereocenters. The molecule has 1 spiro atoms. The fraction of sp³-hybridized carbons (Fsp3) is 1.00. The zero-order valence-corrected chi connectivity index (χ0v) is 17.2. The van der Waals surface area contributed by atoms with Crippen LogP contribution in [0, 0.1) is 11.3 Å². The molecule has 0 aromatic heterocycles. The zero-order valence-electron chi connectivity index (χ0n) is 17.2. The molecule has 24 heavy (non-hydrogen) atoms. The van der Waals surface area contributed by atoms with E-state index in [1.54, 1.807) is 0 Å². The van der Waals surface area contributed by atoms with Gasteiger partial charge in [0.2, 0.25) is 0 Å². The lowest BCUT2D eigenvalue weighted by Gasteiger charge is -2.53. The van der Waals surface area contributed by atoms with Gasteiger partial charge in [-0.2, -0.15) is 0 Å². The van der Waals surface area contributed by atoms with Gasteiger partial charge in [0.15, 0.2) is 0 Å². The fourth-order valence-corrected chi connectivity index (χ4v) is 5.09. The third-order valence-corrected chi connectivity index (χ3v) is 6.80. The summed E-state index contributed by atoms with van der Waals surface area (Å²) < 4.78 is 0. The Morgan fingerprint density at radius 2 is 1.71 bits per heavy atom. The van der Waals surface area contributed by atoms with E-state index in [9.17, 15) is 0 Å². The van der Waals surface area contributed by atoms with Crippen LogP contribution in [0.15, 0.2) is 0 Å².